The second-order valence-corrected chi connectivity index (χ2v) is 12.7. The first-order chi connectivity index (χ1) is 18.6. The summed E-state index contributed by atoms with van der Waals surface area (Å²) in [7, 11) is -4.54. The number of carbonyl (C=O) groups excluding carboxylic acids is 2. The molecule has 1 N–H and O–H groups in total. The fraction of sp³-hybridized carbons (Fsp3) is 0.560. The summed E-state index contributed by atoms with van der Waals surface area (Å²) in [6, 6.07) is 3.96. The molecule has 0 fully saturated rings. The van der Waals surface area contributed by atoms with Crippen molar-refractivity contribution in [3.63, 3.8) is 0 Å². The molecule has 0 radical (unpaired) electrons. The van der Waals surface area contributed by atoms with Gasteiger partial charge in [0.2, 0.25) is 11.5 Å². The van der Waals surface area contributed by atoms with Crippen molar-refractivity contribution in [2.45, 2.75) is 89.2 Å². The number of anilines is 1. The van der Waals surface area contributed by atoms with Crippen molar-refractivity contribution in [3.05, 3.63) is 35.7 Å². The molecule has 0 saturated heterocycles. The summed E-state index contributed by atoms with van der Waals surface area (Å²) < 4.78 is 105. The lowest BCUT2D eigenvalue weighted by Gasteiger charge is -2.38. The van der Waals surface area contributed by atoms with Crippen LogP contribution in [-0.4, -0.2) is 60.0 Å². The Hall–Kier alpha value is -3.43. The van der Waals surface area contributed by atoms with Gasteiger partial charge in [-0.1, -0.05) is 6.07 Å². The van der Waals surface area contributed by atoms with Gasteiger partial charge in [0.15, 0.2) is 0 Å². The van der Waals surface area contributed by atoms with Crippen LogP contribution in [0.1, 0.15) is 58.8 Å². The lowest BCUT2D eigenvalue weighted by atomic mass is 9.95. The van der Waals surface area contributed by atoms with Crippen LogP contribution in [-0.2, 0) is 30.8 Å². The topological polar surface area (TPSA) is 120 Å². The van der Waals surface area contributed by atoms with Crippen LogP contribution >= 0.6 is 0 Å². The molecule has 1 aromatic heterocycles. The van der Waals surface area contributed by atoms with Crippen molar-refractivity contribution >= 4 is 27.6 Å². The predicted molar refractivity (Wildman–Crippen MR) is 136 cm³/mol. The Bertz CT molecular complexity index is 1420. The van der Waals surface area contributed by atoms with Crippen molar-refractivity contribution in [2.24, 2.45) is 0 Å². The van der Waals surface area contributed by atoms with Crippen LogP contribution in [0.3, 0.4) is 0 Å². The van der Waals surface area contributed by atoms with Gasteiger partial charge in [-0.15, -0.1) is 0 Å². The predicted octanol–water partition coefficient (Wildman–Crippen LogP) is 4.27. The van der Waals surface area contributed by atoms with E-state index in [1.165, 1.54) is 32.0 Å². The normalized spacial score (nSPS) is 16.3. The van der Waals surface area contributed by atoms with Gasteiger partial charge >= 0.3 is 18.7 Å². The SMILES string of the molecule is CC(=O)NC(C)(C)C[C@H]1CN(S(=O)(=O)c2cn(C(F)F)nc2C)c2cc(CC(=O)OC(C)(C)C(F)(F)F)ccc2O1. The molecule has 1 aliphatic heterocycles. The Morgan fingerprint density at radius 2 is 1.83 bits per heavy atom. The summed E-state index contributed by atoms with van der Waals surface area (Å²) in [4.78, 5) is 23.5. The molecule has 10 nitrogen and oxygen atoms in total. The largest absolute Gasteiger partial charge is 0.486 e. The molecular weight excluding hydrogens is 579 g/mol. The second kappa shape index (κ2) is 11.1. The van der Waals surface area contributed by atoms with Crippen molar-refractivity contribution in [2.75, 3.05) is 10.8 Å². The number of amides is 1. The molecule has 0 unspecified atom stereocenters. The van der Waals surface area contributed by atoms with Crippen molar-refractivity contribution in [3.8, 4) is 5.75 Å². The summed E-state index contributed by atoms with van der Waals surface area (Å²) >= 11 is 0. The molecule has 1 aliphatic rings. The van der Waals surface area contributed by atoms with Crippen LogP contribution in [0, 0.1) is 6.92 Å². The number of ether oxygens (including phenoxy) is 2. The summed E-state index contributed by atoms with van der Waals surface area (Å²) in [5, 5.41) is 6.32. The first-order valence-corrected chi connectivity index (χ1v) is 13.8. The number of carbonyl (C=O) groups is 2. The zero-order valence-electron chi connectivity index (χ0n) is 23.2. The summed E-state index contributed by atoms with van der Waals surface area (Å²) in [6.07, 6.45) is -5.41. The molecule has 1 amide bonds. The van der Waals surface area contributed by atoms with E-state index in [-0.39, 0.29) is 46.2 Å². The van der Waals surface area contributed by atoms with E-state index >= 15 is 0 Å². The van der Waals surface area contributed by atoms with Gasteiger partial charge in [-0.2, -0.15) is 27.1 Å². The van der Waals surface area contributed by atoms with E-state index < -0.39 is 57.3 Å². The van der Waals surface area contributed by atoms with E-state index in [2.05, 4.69) is 15.2 Å². The molecule has 1 aromatic carbocycles. The molecule has 2 heterocycles. The summed E-state index contributed by atoms with van der Waals surface area (Å²) in [5.74, 6) is -1.48. The number of nitrogens with one attached hydrogen (secondary N) is 1. The maximum Gasteiger partial charge on any atom is 0.427 e. The molecule has 0 spiro atoms. The zero-order chi connectivity index (χ0) is 31.1. The number of rotatable bonds is 9. The Morgan fingerprint density at radius 3 is 2.37 bits per heavy atom. The molecule has 0 bridgehead atoms. The van der Waals surface area contributed by atoms with Gasteiger partial charge in [0.25, 0.3) is 10.0 Å². The quantitative estimate of drug-likeness (QED) is 0.333. The number of hydrogen-bond acceptors (Lipinski definition) is 7. The number of aromatic nitrogens is 2. The van der Waals surface area contributed by atoms with Crippen LogP contribution in [0.5, 0.6) is 5.75 Å². The van der Waals surface area contributed by atoms with Gasteiger partial charge in [0, 0.05) is 18.9 Å². The minimum atomic E-state index is -4.82. The van der Waals surface area contributed by atoms with Crippen molar-refractivity contribution < 1.29 is 49.4 Å². The standard InChI is InChI=1S/C25H31F5N4O6S/c1-14-20(13-33(32-14)22(26)27)41(37,38)34-12-17(11-23(3,4)31-15(2)35)39-19-8-7-16(9-18(19)34)10-21(36)40-24(5,6)25(28,29)30/h7-9,13,17,22H,10-12H2,1-6H3,(H,31,35)/t17-/m0/s1. The fourth-order valence-corrected chi connectivity index (χ4v) is 6.04. The van der Waals surface area contributed by atoms with E-state index in [1.807, 2.05) is 0 Å². The Morgan fingerprint density at radius 1 is 1.20 bits per heavy atom. The highest BCUT2D eigenvalue weighted by atomic mass is 32.2. The number of halogens is 5. The number of hydrogen-bond donors (Lipinski definition) is 1. The van der Waals surface area contributed by atoms with Crippen molar-refractivity contribution in [1.82, 2.24) is 15.1 Å². The highest BCUT2D eigenvalue weighted by Crippen LogP contribution is 2.40. The first-order valence-electron chi connectivity index (χ1n) is 12.4. The molecule has 3 rings (SSSR count). The number of alkyl halides is 5. The monoisotopic (exact) mass is 610 g/mol. The van der Waals surface area contributed by atoms with Crippen LogP contribution in [0.2, 0.25) is 0 Å². The molecule has 0 aliphatic carbocycles. The number of fused-ring (bicyclic) bond motifs is 1. The summed E-state index contributed by atoms with van der Waals surface area (Å²) in [5.41, 5.74) is -3.72. The van der Waals surface area contributed by atoms with Crippen LogP contribution in [0.25, 0.3) is 0 Å². The van der Waals surface area contributed by atoms with Gasteiger partial charge < -0.3 is 14.8 Å². The Kier molecular flexibility index (Phi) is 8.69. The molecule has 41 heavy (non-hydrogen) atoms. The number of aryl methyl sites for hydroxylation is 1. The maximum atomic E-state index is 13.8. The van der Waals surface area contributed by atoms with E-state index in [1.54, 1.807) is 13.8 Å². The molecule has 2 aromatic rings. The van der Waals surface area contributed by atoms with E-state index in [9.17, 15) is 40.0 Å². The Labute approximate surface area is 233 Å². The third-order valence-corrected chi connectivity index (χ3v) is 8.13. The number of esters is 1. The molecule has 0 saturated carbocycles. The number of benzene rings is 1. The first kappa shape index (κ1) is 32.1. The number of sulfonamides is 1. The van der Waals surface area contributed by atoms with E-state index in [0.717, 1.165) is 4.31 Å². The zero-order valence-corrected chi connectivity index (χ0v) is 24.0. The average Bonchev–Trinajstić information content (AvgIpc) is 3.19. The van der Waals surface area contributed by atoms with Gasteiger partial charge in [-0.3, -0.25) is 13.9 Å². The lowest BCUT2D eigenvalue weighted by Crippen LogP contribution is -2.50. The van der Waals surface area contributed by atoms with Crippen LogP contribution in [0.4, 0.5) is 27.6 Å². The van der Waals surface area contributed by atoms with Gasteiger partial charge in [0.05, 0.1) is 30.5 Å². The third kappa shape index (κ3) is 7.26. The van der Waals surface area contributed by atoms with E-state index in [0.29, 0.717) is 20.0 Å². The lowest BCUT2D eigenvalue weighted by molar-refractivity contribution is -0.257. The average molecular weight is 611 g/mol. The second-order valence-electron chi connectivity index (χ2n) is 10.8. The maximum absolute atomic E-state index is 13.8. The van der Waals surface area contributed by atoms with Gasteiger partial charge in [-0.25, -0.2) is 13.1 Å². The van der Waals surface area contributed by atoms with Crippen LogP contribution in [0.15, 0.2) is 29.3 Å². The molecular formula is C25H31F5N4O6S. The Balaban J connectivity index is 2.02. The summed E-state index contributed by atoms with van der Waals surface area (Å²) in [6.45, 7) is 3.97. The highest BCUT2D eigenvalue weighted by Gasteiger charge is 2.50. The van der Waals surface area contributed by atoms with E-state index in [4.69, 9.17) is 4.74 Å². The van der Waals surface area contributed by atoms with Gasteiger partial charge in [0.1, 0.15) is 16.7 Å². The fourth-order valence-electron chi connectivity index (χ4n) is 4.38. The minimum absolute atomic E-state index is 0.0510. The number of nitrogens with zero attached hydrogens (tertiary/aromatic N) is 3. The molecule has 16 heteroatoms. The highest BCUT2D eigenvalue weighted by molar-refractivity contribution is 7.92. The molecule has 228 valence electrons. The third-order valence-electron chi connectivity index (χ3n) is 6.25. The smallest absolute Gasteiger partial charge is 0.427 e. The molecule has 1 atom stereocenters. The minimum Gasteiger partial charge on any atom is -0.486 e. The van der Waals surface area contributed by atoms with Gasteiger partial charge in [-0.05, 0) is 52.3 Å². The van der Waals surface area contributed by atoms with Crippen LogP contribution < -0.4 is 14.4 Å². The van der Waals surface area contributed by atoms with Crippen molar-refractivity contribution in [1.29, 1.82) is 0 Å².